The van der Waals surface area contributed by atoms with Gasteiger partial charge in [0.1, 0.15) is 11.7 Å². The number of hydrogen-bond acceptors (Lipinski definition) is 5. The van der Waals surface area contributed by atoms with E-state index in [4.69, 9.17) is 14.6 Å². The number of aliphatic carboxylic acids is 1. The molecule has 0 aromatic rings. The van der Waals surface area contributed by atoms with Crippen molar-refractivity contribution in [3.63, 3.8) is 0 Å². The van der Waals surface area contributed by atoms with Crippen LogP contribution in [0.5, 0.6) is 0 Å². The number of carbonyl (C=O) groups excluding carboxylic acids is 2. The summed E-state index contributed by atoms with van der Waals surface area (Å²) in [6.07, 6.45) is 1.79. The van der Waals surface area contributed by atoms with Gasteiger partial charge < -0.3 is 19.5 Å². The lowest BCUT2D eigenvalue weighted by Crippen LogP contribution is -2.50. The highest BCUT2D eigenvalue weighted by molar-refractivity contribution is 6.28. The number of ether oxygens (including phenoxy) is 2. The lowest BCUT2D eigenvalue weighted by atomic mass is 10.0. The van der Waals surface area contributed by atoms with Crippen LogP contribution in [0.1, 0.15) is 46.5 Å². The van der Waals surface area contributed by atoms with Gasteiger partial charge in [0.15, 0.2) is 0 Å². The third kappa shape index (κ3) is 3.65. The molecule has 1 N–H and O–H groups in total. The van der Waals surface area contributed by atoms with Gasteiger partial charge in [-0.2, -0.15) is 0 Å². The van der Waals surface area contributed by atoms with Gasteiger partial charge in [0, 0.05) is 24.9 Å². The van der Waals surface area contributed by atoms with Crippen LogP contribution >= 0.6 is 0 Å². The van der Waals surface area contributed by atoms with Crippen LogP contribution in [0.15, 0.2) is 0 Å². The number of esters is 1. The first-order valence-corrected chi connectivity index (χ1v) is 7.12. The van der Waals surface area contributed by atoms with Crippen molar-refractivity contribution in [1.29, 1.82) is 0 Å². The number of hydrogen-bond donors (Lipinski definition) is 1. The van der Waals surface area contributed by atoms with Crippen LogP contribution in [0.3, 0.4) is 0 Å². The second-order valence-corrected chi connectivity index (χ2v) is 6.58. The van der Waals surface area contributed by atoms with E-state index in [0.29, 0.717) is 12.8 Å². The highest BCUT2D eigenvalue weighted by Gasteiger charge is 2.46. The second kappa shape index (κ2) is 5.54. The molecule has 0 radical (unpaired) electrons. The predicted molar refractivity (Wildman–Crippen MR) is 71.6 cm³/mol. The molecule has 2 aliphatic heterocycles. The summed E-state index contributed by atoms with van der Waals surface area (Å²) in [5, 5.41) is 8.57. The molecule has 0 aromatic carbocycles. The van der Waals surface area contributed by atoms with E-state index in [2.05, 4.69) is 0 Å². The summed E-state index contributed by atoms with van der Waals surface area (Å²) in [7, 11) is 0. The number of fused-ring (bicyclic) bond motifs is 2. The van der Waals surface area contributed by atoms with Crippen LogP contribution in [-0.2, 0) is 19.1 Å². The minimum Gasteiger partial charge on any atom is -0.473 e. The minimum absolute atomic E-state index is 0.0507. The van der Waals surface area contributed by atoms with Crippen molar-refractivity contribution in [2.45, 2.75) is 70.2 Å². The maximum atomic E-state index is 12.2. The Bertz CT molecular complexity index is 441. The van der Waals surface area contributed by atoms with E-state index in [1.165, 1.54) is 0 Å². The third-order valence-corrected chi connectivity index (χ3v) is 3.74. The largest absolute Gasteiger partial charge is 0.473 e. The summed E-state index contributed by atoms with van der Waals surface area (Å²) >= 11 is 0. The zero-order chi connectivity index (χ0) is 15.8. The fraction of sp³-hybridized carbons (Fsp3) is 0.786. The lowest BCUT2D eigenvalue weighted by molar-refractivity contribution is -0.169. The number of rotatable bonds is 1. The number of carboxylic acid groups (broad SMARTS) is 1. The summed E-state index contributed by atoms with van der Waals surface area (Å²) < 4.78 is 10.3. The first-order valence-electron chi connectivity index (χ1n) is 7.12. The zero-order valence-electron chi connectivity index (χ0n) is 12.5. The molecule has 21 heavy (non-hydrogen) atoms. The second-order valence-electron chi connectivity index (χ2n) is 6.58. The number of carbonyl (C=O) groups is 3. The molecule has 2 fully saturated rings. The molecule has 118 valence electrons. The van der Waals surface area contributed by atoms with Crippen molar-refractivity contribution < 1.29 is 29.0 Å². The van der Waals surface area contributed by atoms with Crippen molar-refractivity contribution in [3.05, 3.63) is 0 Å². The van der Waals surface area contributed by atoms with E-state index >= 15 is 0 Å². The van der Waals surface area contributed by atoms with Crippen LogP contribution in [0.4, 0.5) is 4.79 Å². The van der Waals surface area contributed by atoms with E-state index in [1.54, 1.807) is 4.90 Å². The Balaban J connectivity index is 1.97. The van der Waals surface area contributed by atoms with Gasteiger partial charge in [-0.15, -0.1) is 0 Å². The first kappa shape index (κ1) is 15.6. The summed E-state index contributed by atoms with van der Waals surface area (Å²) in [5.41, 5.74) is -0.552. The van der Waals surface area contributed by atoms with Crippen LogP contribution in [0.2, 0.25) is 0 Å². The maximum Gasteiger partial charge on any atom is 0.417 e. The van der Waals surface area contributed by atoms with Crippen molar-refractivity contribution in [2.24, 2.45) is 0 Å². The Morgan fingerprint density at radius 2 is 1.62 bits per heavy atom. The Kier molecular flexibility index (Phi) is 4.11. The molecule has 2 unspecified atom stereocenters. The Morgan fingerprint density at radius 3 is 2.05 bits per heavy atom. The fourth-order valence-corrected chi connectivity index (χ4v) is 3.04. The molecule has 0 aromatic heterocycles. The molecule has 2 rings (SSSR count). The predicted octanol–water partition coefficient (Wildman–Crippen LogP) is 1.54. The van der Waals surface area contributed by atoms with Crippen molar-refractivity contribution in [3.8, 4) is 0 Å². The van der Waals surface area contributed by atoms with Crippen LogP contribution in [-0.4, -0.2) is 51.8 Å². The van der Waals surface area contributed by atoms with Crippen LogP contribution in [0, 0.1) is 0 Å². The normalized spacial score (nSPS) is 28.1. The molecule has 2 bridgehead atoms. The molecule has 2 saturated heterocycles. The Hall–Kier alpha value is -1.79. The molecule has 2 heterocycles. The molecule has 1 amide bonds. The molecule has 0 aliphatic carbocycles. The number of piperidine rings is 1. The number of amides is 1. The molecule has 2 atom stereocenters. The average molecular weight is 299 g/mol. The summed E-state index contributed by atoms with van der Waals surface area (Å²) in [6.45, 7) is 5.44. The van der Waals surface area contributed by atoms with Gasteiger partial charge >= 0.3 is 18.0 Å². The highest BCUT2D eigenvalue weighted by atomic mass is 16.6. The smallest absolute Gasteiger partial charge is 0.417 e. The van der Waals surface area contributed by atoms with Gasteiger partial charge in [-0.05, 0) is 33.6 Å². The SMILES string of the molecule is CC(C)(C)OC(=O)N1C2CCC1CC(OC(=O)C(=O)O)C2. The van der Waals surface area contributed by atoms with E-state index < -0.39 is 23.6 Å². The first-order chi connectivity index (χ1) is 9.67. The van der Waals surface area contributed by atoms with Gasteiger partial charge in [-0.25, -0.2) is 14.4 Å². The van der Waals surface area contributed by atoms with E-state index in [0.717, 1.165) is 12.8 Å². The summed E-state index contributed by atoms with van der Waals surface area (Å²) in [6, 6.07) is -0.101. The van der Waals surface area contributed by atoms with E-state index in [1.807, 2.05) is 20.8 Å². The fourth-order valence-electron chi connectivity index (χ4n) is 3.04. The number of nitrogens with zero attached hydrogens (tertiary/aromatic N) is 1. The highest BCUT2D eigenvalue weighted by Crippen LogP contribution is 2.37. The zero-order valence-corrected chi connectivity index (χ0v) is 12.5. The molecule has 0 saturated carbocycles. The molecule has 7 heteroatoms. The van der Waals surface area contributed by atoms with E-state index in [-0.39, 0.29) is 18.2 Å². The molecule has 2 aliphatic rings. The van der Waals surface area contributed by atoms with Crippen molar-refractivity contribution >= 4 is 18.0 Å². The van der Waals surface area contributed by atoms with Gasteiger partial charge in [-0.3, -0.25) is 0 Å². The molecule has 7 nitrogen and oxygen atoms in total. The quantitative estimate of drug-likeness (QED) is 0.583. The van der Waals surface area contributed by atoms with Crippen LogP contribution < -0.4 is 0 Å². The van der Waals surface area contributed by atoms with Crippen molar-refractivity contribution in [2.75, 3.05) is 0 Å². The minimum atomic E-state index is -1.59. The monoisotopic (exact) mass is 299 g/mol. The molecular formula is C14H21NO6. The Labute approximate surface area is 123 Å². The van der Waals surface area contributed by atoms with Gasteiger partial charge in [0.05, 0.1) is 0 Å². The van der Waals surface area contributed by atoms with Crippen molar-refractivity contribution in [1.82, 2.24) is 4.90 Å². The Morgan fingerprint density at radius 1 is 1.10 bits per heavy atom. The molecular weight excluding hydrogens is 278 g/mol. The maximum absolute atomic E-state index is 12.2. The van der Waals surface area contributed by atoms with Gasteiger partial charge in [0.2, 0.25) is 0 Å². The lowest BCUT2D eigenvalue weighted by Gasteiger charge is -2.38. The standard InChI is InChI=1S/C14H21NO6/c1-14(2,3)21-13(19)15-8-4-5-9(15)7-10(6-8)20-12(18)11(16)17/h8-10H,4-7H2,1-3H3,(H,16,17). The molecule has 0 spiro atoms. The number of carboxylic acids is 1. The summed E-state index contributed by atoms with van der Waals surface area (Å²) in [5.74, 6) is -2.82. The van der Waals surface area contributed by atoms with E-state index in [9.17, 15) is 14.4 Å². The van der Waals surface area contributed by atoms with Gasteiger partial charge in [0.25, 0.3) is 0 Å². The van der Waals surface area contributed by atoms with Gasteiger partial charge in [-0.1, -0.05) is 0 Å². The average Bonchev–Trinajstić information content (AvgIpc) is 2.59. The van der Waals surface area contributed by atoms with Crippen LogP contribution in [0.25, 0.3) is 0 Å². The third-order valence-electron chi connectivity index (χ3n) is 3.74. The summed E-state index contributed by atoms with van der Waals surface area (Å²) in [4.78, 5) is 35.6. The topological polar surface area (TPSA) is 93.1 Å².